The molecule has 5 heteroatoms. The van der Waals surface area contributed by atoms with E-state index in [2.05, 4.69) is 15.9 Å². The molecule has 0 bridgehead atoms. The summed E-state index contributed by atoms with van der Waals surface area (Å²) >= 11 is 9.21. The Bertz CT molecular complexity index is 785. The normalized spacial score (nSPS) is 12.8. The molecule has 1 atom stereocenters. The molecule has 0 saturated carbocycles. The van der Waals surface area contributed by atoms with E-state index in [4.69, 9.17) is 16.0 Å². The zero-order chi connectivity index (χ0) is 14.3. The third-order valence-electron chi connectivity index (χ3n) is 3.04. The minimum absolute atomic E-state index is 0.148. The number of furan rings is 1. The lowest BCUT2D eigenvalue weighted by Gasteiger charge is -2.09. The van der Waals surface area contributed by atoms with E-state index in [1.807, 2.05) is 0 Å². The Morgan fingerprint density at radius 1 is 1.20 bits per heavy atom. The van der Waals surface area contributed by atoms with Crippen molar-refractivity contribution in [1.82, 2.24) is 0 Å². The Hall–Kier alpha value is -1.36. The molecule has 0 radical (unpaired) electrons. The molecule has 3 rings (SSSR count). The Kier molecular flexibility index (Phi) is 3.54. The number of benzene rings is 2. The van der Waals surface area contributed by atoms with Crippen LogP contribution in [0.5, 0.6) is 0 Å². The van der Waals surface area contributed by atoms with Gasteiger partial charge in [0.25, 0.3) is 0 Å². The third kappa shape index (κ3) is 2.35. The summed E-state index contributed by atoms with van der Waals surface area (Å²) in [4.78, 5) is 0. The van der Waals surface area contributed by atoms with Gasteiger partial charge in [0.15, 0.2) is 11.4 Å². The fourth-order valence-electron chi connectivity index (χ4n) is 2.03. The molecule has 0 saturated heterocycles. The van der Waals surface area contributed by atoms with Crippen LogP contribution in [0.3, 0.4) is 0 Å². The van der Waals surface area contributed by atoms with Crippen LogP contribution in [0, 0.1) is 5.82 Å². The molecule has 0 fully saturated rings. The van der Waals surface area contributed by atoms with Crippen LogP contribution in [-0.2, 0) is 0 Å². The van der Waals surface area contributed by atoms with E-state index < -0.39 is 11.9 Å². The molecule has 1 N–H and O–H groups in total. The van der Waals surface area contributed by atoms with Crippen LogP contribution in [0.1, 0.15) is 17.4 Å². The highest BCUT2D eigenvalue weighted by Gasteiger charge is 2.17. The summed E-state index contributed by atoms with van der Waals surface area (Å²) in [6, 6.07) is 11.4. The van der Waals surface area contributed by atoms with Crippen molar-refractivity contribution >= 4 is 38.5 Å². The molecular formula is C15H9BrClFO2. The standard InChI is InChI=1S/C15H9BrClFO2/c16-10-6-8(4-5-11(10)17)14(19)13-7-9-2-1-3-12(18)15(9)20-13/h1-7,14,19H. The maximum atomic E-state index is 13.6. The number of hydrogen-bond donors (Lipinski definition) is 1. The van der Waals surface area contributed by atoms with Crippen molar-refractivity contribution in [3.8, 4) is 0 Å². The SMILES string of the molecule is OC(c1ccc(Cl)c(Br)c1)c1cc2cccc(F)c2o1. The van der Waals surface area contributed by atoms with Crippen molar-refractivity contribution in [2.24, 2.45) is 0 Å². The highest BCUT2D eigenvalue weighted by Crippen LogP contribution is 2.32. The van der Waals surface area contributed by atoms with Crippen LogP contribution in [0.2, 0.25) is 5.02 Å². The van der Waals surface area contributed by atoms with Crippen LogP contribution >= 0.6 is 27.5 Å². The number of fused-ring (bicyclic) bond motifs is 1. The Morgan fingerprint density at radius 3 is 2.70 bits per heavy atom. The zero-order valence-electron chi connectivity index (χ0n) is 10.1. The van der Waals surface area contributed by atoms with Gasteiger partial charge >= 0.3 is 0 Å². The summed E-state index contributed by atoms with van der Waals surface area (Å²) < 4.78 is 19.7. The van der Waals surface area contributed by atoms with Crippen molar-refractivity contribution in [3.05, 3.63) is 69.1 Å². The first kappa shape index (κ1) is 13.6. The molecular weight excluding hydrogens is 347 g/mol. The number of aliphatic hydroxyl groups is 1. The van der Waals surface area contributed by atoms with Gasteiger partial charge in [-0.2, -0.15) is 0 Å². The Balaban J connectivity index is 2.05. The summed E-state index contributed by atoms with van der Waals surface area (Å²) in [5.41, 5.74) is 0.760. The van der Waals surface area contributed by atoms with E-state index in [-0.39, 0.29) is 5.58 Å². The summed E-state index contributed by atoms with van der Waals surface area (Å²) in [6.07, 6.45) is -0.977. The monoisotopic (exact) mass is 354 g/mol. The van der Waals surface area contributed by atoms with E-state index >= 15 is 0 Å². The average molecular weight is 356 g/mol. The second-order valence-electron chi connectivity index (χ2n) is 4.38. The highest BCUT2D eigenvalue weighted by atomic mass is 79.9. The van der Waals surface area contributed by atoms with Gasteiger partial charge in [0, 0.05) is 9.86 Å². The number of rotatable bonds is 2. The number of aliphatic hydroxyl groups excluding tert-OH is 1. The van der Waals surface area contributed by atoms with Gasteiger partial charge in [0.2, 0.25) is 0 Å². The minimum atomic E-state index is -0.977. The molecule has 1 aromatic heterocycles. The Labute approximate surface area is 127 Å². The topological polar surface area (TPSA) is 33.4 Å². The second kappa shape index (κ2) is 5.20. The van der Waals surface area contributed by atoms with Gasteiger partial charge in [0.05, 0.1) is 5.02 Å². The van der Waals surface area contributed by atoms with Gasteiger partial charge in [-0.25, -0.2) is 4.39 Å². The van der Waals surface area contributed by atoms with Gasteiger partial charge in [-0.15, -0.1) is 0 Å². The molecule has 0 spiro atoms. The van der Waals surface area contributed by atoms with Gasteiger partial charge in [-0.3, -0.25) is 0 Å². The zero-order valence-corrected chi connectivity index (χ0v) is 12.5. The first-order chi connectivity index (χ1) is 9.56. The van der Waals surface area contributed by atoms with Gasteiger partial charge in [-0.1, -0.05) is 29.8 Å². The van der Waals surface area contributed by atoms with Crippen LogP contribution in [0.15, 0.2) is 51.4 Å². The maximum absolute atomic E-state index is 13.6. The summed E-state index contributed by atoms with van der Waals surface area (Å²) in [5, 5.41) is 11.5. The lowest BCUT2D eigenvalue weighted by Crippen LogP contribution is -1.97. The molecule has 2 aromatic carbocycles. The van der Waals surface area contributed by atoms with Crippen molar-refractivity contribution in [3.63, 3.8) is 0 Å². The van der Waals surface area contributed by atoms with E-state index in [0.29, 0.717) is 26.2 Å². The molecule has 1 heterocycles. The predicted octanol–water partition coefficient (Wildman–Crippen LogP) is 5.07. The number of hydrogen-bond acceptors (Lipinski definition) is 2. The Morgan fingerprint density at radius 2 is 2.00 bits per heavy atom. The second-order valence-corrected chi connectivity index (χ2v) is 5.64. The minimum Gasteiger partial charge on any atom is -0.455 e. The molecule has 1 unspecified atom stereocenters. The maximum Gasteiger partial charge on any atom is 0.170 e. The van der Waals surface area contributed by atoms with Gasteiger partial charge < -0.3 is 9.52 Å². The van der Waals surface area contributed by atoms with Crippen molar-refractivity contribution in [2.45, 2.75) is 6.10 Å². The molecule has 3 aromatic rings. The fourth-order valence-corrected chi connectivity index (χ4v) is 2.54. The average Bonchev–Trinajstić information content (AvgIpc) is 2.86. The van der Waals surface area contributed by atoms with Gasteiger partial charge in [-0.05, 0) is 45.8 Å². The van der Waals surface area contributed by atoms with Crippen LogP contribution in [0.4, 0.5) is 4.39 Å². The summed E-state index contributed by atoms with van der Waals surface area (Å²) in [6.45, 7) is 0. The largest absolute Gasteiger partial charge is 0.455 e. The predicted molar refractivity (Wildman–Crippen MR) is 79.4 cm³/mol. The third-order valence-corrected chi connectivity index (χ3v) is 4.26. The van der Waals surface area contributed by atoms with Crippen LogP contribution in [-0.4, -0.2) is 5.11 Å². The van der Waals surface area contributed by atoms with Gasteiger partial charge in [0.1, 0.15) is 11.9 Å². The molecule has 0 amide bonds. The quantitative estimate of drug-likeness (QED) is 0.696. The first-order valence-corrected chi connectivity index (χ1v) is 7.04. The van der Waals surface area contributed by atoms with Crippen LogP contribution in [0.25, 0.3) is 11.0 Å². The molecule has 0 aliphatic rings. The molecule has 2 nitrogen and oxygen atoms in total. The van der Waals surface area contributed by atoms with Crippen molar-refractivity contribution in [1.29, 1.82) is 0 Å². The van der Waals surface area contributed by atoms with Crippen molar-refractivity contribution in [2.75, 3.05) is 0 Å². The number of halogens is 3. The van der Waals surface area contributed by atoms with Crippen LogP contribution < -0.4 is 0 Å². The summed E-state index contributed by atoms with van der Waals surface area (Å²) in [5.74, 6) is -0.155. The lowest BCUT2D eigenvalue weighted by molar-refractivity contribution is 0.192. The number of para-hydroxylation sites is 1. The molecule has 0 aliphatic carbocycles. The van der Waals surface area contributed by atoms with E-state index in [0.717, 1.165) is 0 Å². The lowest BCUT2D eigenvalue weighted by atomic mass is 10.1. The smallest absolute Gasteiger partial charge is 0.170 e. The van der Waals surface area contributed by atoms with E-state index in [9.17, 15) is 9.50 Å². The summed E-state index contributed by atoms with van der Waals surface area (Å²) in [7, 11) is 0. The van der Waals surface area contributed by atoms with E-state index in [1.165, 1.54) is 6.07 Å². The highest BCUT2D eigenvalue weighted by molar-refractivity contribution is 9.10. The molecule has 102 valence electrons. The van der Waals surface area contributed by atoms with Crippen molar-refractivity contribution < 1.29 is 13.9 Å². The fraction of sp³-hybridized carbons (Fsp3) is 0.0667. The first-order valence-electron chi connectivity index (χ1n) is 5.87. The molecule has 20 heavy (non-hydrogen) atoms. The molecule has 0 aliphatic heterocycles. The van der Waals surface area contributed by atoms with E-state index in [1.54, 1.807) is 36.4 Å².